The van der Waals surface area contributed by atoms with Crippen molar-refractivity contribution in [3.05, 3.63) is 47.2 Å². The molecule has 120 valence electrons. The number of amides is 1. The van der Waals surface area contributed by atoms with Gasteiger partial charge in [0.25, 0.3) is 5.91 Å². The van der Waals surface area contributed by atoms with Crippen LogP contribution in [0.2, 0.25) is 0 Å². The summed E-state index contributed by atoms with van der Waals surface area (Å²) >= 11 is 0. The molecular formula is C17H19N3O3. The molecule has 2 aromatic rings. The van der Waals surface area contributed by atoms with Gasteiger partial charge in [0.2, 0.25) is 0 Å². The van der Waals surface area contributed by atoms with Crippen molar-refractivity contribution in [2.45, 2.75) is 39.2 Å². The van der Waals surface area contributed by atoms with Crippen molar-refractivity contribution in [2.75, 3.05) is 0 Å². The molecule has 6 nitrogen and oxygen atoms in total. The molecule has 0 spiro atoms. The van der Waals surface area contributed by atoms with Gasteiger partial charge in [0.1, 0.15) is 17.4 Å². The van der Waals surface area contributed by atoms with Crippen LogP contribution in [0.15, 0.2) is 39.0 Å². The first kappa shape index (κ1) is 16.6. The van der Waals surface area contributed by atoms with Crippen molar-refractivity contribution in [1.29, 1.82) is 5.26 Å². The molecule has 0 aliphatic heterocycles. The van der Waals surface area contributed by atoms with Crippen molar-refractivity contribution in [2.24, 2.45) is 0 Å². The van der Waals surface area contributed by atoms with Crippen LogP contribution in [-0.4, -0.2) is 11.1 Å². The number of nitrogens with zero attached hydrogens (tertiary/aromatic N) is 2. The first-order valence-corrected chi connectivity index (χ1v) is 7.56. The Morgan fingerprint density at radius 2 is 2.26 bits per heavy atom. The molecule has 0 fully saturated rings. The van der Waals surface area contributed by atoms with E-state index in [1.807, 2.05) is 12.1 Å². The van der Waals surface area contributed by atoms with Crippen LogP contribution in [-0.2, 0) is 11.3 Å². The average molecular weight is 313 g/mol. The molecule has 1 N–H and O–H groups in total. The summed E-state index contributed by atoms with van der Waals surface area (Å²) in [7, 11) is 0. The fraction of sp³-hybridized carbons (Fsp3) is 0.353. The maximum absolute atomic E-state index is 12.0. The predicted octanol–water partition coefficient (Wildman–Crippen LogP) is 3.39. The van der Waals surface area contributed by atoms with Gasteiger partial charge in [-0.2, -0.15) is 5.26 Å². The van der Waals surface area contributed by atoms with Gasteiger partial charge in [-0.3, -0.25) is 4.79 Å². The minimum atomic E-state index is -0.482. The quantitative estimate of drug-likeness (QED) is 0.624. The number of carbonyl (C=O) groups excluding carboxylic acids is 1. The summed E-state index contributed by atoms with van der Waals surface area (Å²) in [6, 6.07) is 7.07. The molecule has 2 heterocycles. The summed E-state index contributed by atoms with van der Waals surface area (Å²) in [5, 5.41) is 15.8. The second kappa shape index (κ2) is 7.99. The normalized spacial score (nSPS) is 11.5. The van der Waals surface area contributed by atoms with Crippen LogP contribution in [0.5, 0.6) is 0 Å². The monoisotopic (exact) mass is 313 g/mol. The van der Waals surface area contributed by atoms with E-state index in [0.717, 1.165) is 18.5 Å². The molecule has 0 aromatic carbocycles. The van der Waals surface area contributed by atoms with Gasteiger partial charge >= 0.3 is 0 Å². The Balaban J connectivity index is 1.97. The lowest BCUT2D eigenvalue weighted by molar-refractivity contribution is -0.117. The Hall–Kier alpha value is -2.81. The first-order chi connectivity index (χ1) is 11.2. The highest BCUT2D eigenvalue weighted by molar-refractivity contribution is 6.01. The van der Waals surface area contributed by atoms with Gasteiger partial charge in [-0.1, -0.05) is 19.0 Å². The number of carbonyl (C=O) groups is 1. The van der Waals surface area contributed by atoms with Crippen molar-refractivity contribution in [1.82, 2.24) is 10.5 Å². The van der Waals surface area contributed by atoms with Crippen LogP contribution in [0.4, 0.5) is 0 Å². The topological polar surface area (TPSA) is 92.1 Å². The van der Waals surface area contributed by atoms with Crippen LogP contribution in [0.25, 0.3) is 6.08 Å². The zero-order chi connectivity index (χ0) is 16.7. The third-order valence-corrected chi connectivity index (χ3v) is 3.60. The minimum Gasteiger partial charge on any atom is -0.465 e. The third-order valence-electron chi connectivity index (χ3n) is 3.60. The van der Waals surface area contributed by atoms with Crippen molar-refractivity contribution in [3.8, 4) is 6.07 Å². The van der Waals surface area contributed by atoms with E-state index in [-0.39, 0.29) is 12.1 Å². The second-order valence-corrected chi connectivity index (χ2v) is 5.10. The highest BCUT2D eigenvalue weighted by Gasteiger charge is 2.14. The van der Waals surface area contributed by atoms with Crippen molar-refractivity contribution < 1.29 is 13.7 Å². The molecule has 0 radical (unpaired) electrons. The first-order valence-electron chi connectivity index (χ1n) is 7.56. The van der Waals surface area contributed by atoms with E-state index in [4.69, 9.17) is 14.2 Å². The molecule has 2 rings (SSSR count). The molecule has 0 bridgehead atoms. The van der Waals surface area contributed by atoms with Gasteiger partial charge in [-0.25, -0.2) is 0 Å². The van der Waals surface area contributed by atoms with E-state index in [2.05, 4.69) is 24.3 Å². The van der Waals surface area contributed by atoms with Crippen LogP contribution >= 0.6 is 0 Å². The van der Waals surface area contributed by atoms with E-state index in [0.29, 0.717) is 17.4 Å². The van der Waals surface area contributed by atoms with Gasteiger partial charge in [-0.05, 0) is 25.0 Å². The molecule has 23 heavy (non-hydrogen) atoms. The van der Waals surface area contributed by atoms with E-state index in [1.165, 1.54) is 12.3 Å². The lowest BCUT2D eigenvalue weighted by Crippen LogP contribution is -2.23. The molecule has 0 unspecified atom stereocenters. The molecule has 2 aromatic heterocycles. The maximum Gasteiger partial charge on any atom is 0.262 e. The Labute approximate surface area is 134 Å². The zero-order valence-corrected chi connectivity index (χ0v) is 13.2. The van der Waals surface area contributed by atoms with Gasteiger partial charge in [0.15, 0.2) is 5.76 Å². The minimum absolute atomic E-state index is 0.0281. The van der Waals surface area contributed by atoms with Gasteiger partial charge in [0, 0.05) is 18.1 Å². The number of hydrogen-bond donors (Lipinski definition) is 1. The van der Waals surface area contributed by atoms with Gasteiger partial charge in [-0.15, -0.1) is 0 Å². The lowest BCUT2D eigenvalue weighted by Gasteiger charge is -2.05. The number of nitrogens with one attached hydrogen (secondary N) is 1. The molecule has 0 aliphatic carbocycles. The lowest BCUT2D eigenvalue weighted by atomic mass is 9.99. The molecule has 0 saturated heterocycles. The van der Waals surface area contributed by atoms with Gasteiger partial charge in [0.05, 0.1) is 18.5 Å². The Bertz CT molecular complexity index is 704. The second-order valence-electron chi connectivity index (χ2n) is 5.10. The predicted molar refractivity (Wildman–Crippen MR) is 84.0 cm³/mol. The number of hydrogen-bond acceptors (Lipinski definition) is 5. The molecule has 0 aliphatic rings. The summed E-state index contributed by atoms with van der Waals surface area (Å²) in [5.41, 5.74) is 0.866. The van der Waals surface area contributed by atoms with Crippen LogP contribution in [0.3, 0.4) is 0 Å². The molecule has 0 saturated carbocycles. The SMILES string of the molecule is CCC(CC)c1cc(CNC(=O)C(C#N)=Cc2ccco2)on1. The smallest absolute Gasteiger partial charge is 0.262 e. The standard InChI is InChI=1S/C17H19N3O3/c1-3-12(4-2)16-9-15(23-20-16)11-19-17(21)13(10-18)8-14-6-5-7-22-14/h5-9,12H,3-4,11H2,1-2H3,(H,19,21). The number of nitriles is 1. The summed E-state index contributed by atoms with van der Waals surface area (Å²) < 4.78 is 10.3. The summed E-state index contributed by atoms with van der Waals surface area (Å²) in [4.78, 5) is 12.0. The Kier molecular flexibility index (Phi) is 5.75. The van der Waals surface area contributed by atoms with E-state index >= 15 is 0 Å². The Morgan fingerprint density at radius 1 is 1.48 bits per heavy atom. The van der Waals surface area contributed by atoms with E-state index in [1.54, 1.807) is 12.1 Å². The summed E-state index contributed by atoms with van der Waals surface area (Å²) in [5.74, 6) is 0.893. The molecule has 1 amide bonds. The van der Waals surface area contributed by atoms with Gasteiger partial charge < -0.3 is 14.3 Å². The van der Waals surface area contributed by atoms with E-state index < -0.39 is 5.91 Å². The fourth-order valence-electron chi connectivity index (χ4n) is 2.24. The summed E-state index contributed by atoms with van der Waals surface area (Å²) in [6.45, 7) is 4.38. The molecule has 0 atom stereocenters. The molecular weight excluding hydrogens is 294 g/mol. The van der Waals surface area contributed by atoms with Crippen LogP contribution in [0, 0.1) is 11.3 Å². The highest BCUT2D eigenvalue weighted by Crippen LogP contribution is 2.22. The maximum atomic E-state index is 12.0. The highest BCUT2D eigenvalue weighted by atomic mass is 16.5. The van der Waals surface area contributed by atoms with Crippen molar-refractivity contribution >= 4 is 12.0 Å². The number of aromatic nitrogens is 1. The molecule has 6 heteroatoms. The largest absolute Gasteiger partial charge is 0.465 e. The number of furan rings is 1. The van der Waals surface area contributed by atoms with E-state index in [9.17, 15) is 4.79 Å². The van der Waals surface area contributed by atoms with Crippen molar-refractivity contribution in [3.63, 3.8) is 0 Å². The third kappa shape index (κ3) is 4.33. The average Bonchev–Trinajstić information content (AvgIpc) is 3.23. The zero-order valence-electron chi connectivity index (χ0n) is 13.2. The van der Waals surface area contributed by atoms with Crippen LogP contribution in [0.1, 0.15) is 49.8 Å². The summed E-state index contributed by atoms with van der Waals surface area (Å²) in [6.07, 6.45) is 4.84. The number of rotatable bonds is 7. The fourth-order valence-corrected chi connectivity index (χ4v) is 2.24. The Morgan fingerprint density at radius 3 is 2.87 bits per heavy atom. The van der Waals surface area contributed by atoms with Crippen LogP contribution < -0.4 is 5.32 Å².